The summed E-state index contributed by atoms with van der Waals surface area (Å²) in [5.41, 5.74) is 0. The fourth-order valence-electron chi connectivity index (χ4n) is 2.15. The van der Waals surface area contributed by atoms with Gasteiger partial charge in [0.15, 0.2) is 0 Å². The molecule has 1 fully saturated rings. The lowest BCUT2D eigenvalue weighted by atomic mass is 9.90. The highest BCUT2D eigenvalue weighted by Gasteiger charge is 2.12. The molecular formula is C15H22O4S. The van der Waals surface area contributed by atoms with Crippen LogP contribution in [0.15, 0.2) is 48.1 Å². The Morgan fingerprint density at radius 2 is 1.80 bits per heavy atom. The molecule has 0 bridgehead atoms. The number of benzene rings is 1. The minimum absolute atomic E-state index is 0.0741. The van der Waals surface area contributed by atoms with Crippen molar-refractivity contribution in [3.05, 3.63) is 43.2 Å². The highest BCUT2D eigenvalue weighted by atomic mass is 32.2. The fourth-order valence-corrected chi connectivity index (χ4v) is 2.65. The van der Waals surface area contributed by atoms with E-state index in [1.807, 2.05) is 0 Å². The van der Waals surface area contributed by atoms with Crippen molar-refractivity contribution in [2.75, 3.05) is 6.61 Å². The Morgan fingerprint density at radius 3 is 2.25 bits per heavy atom. The van der Waals surface area contributed by atoms with Crippen LogP contribution in [0.1, 0.15) is 32.1 Å². The minimum Gasteiger partial charge on any atom is -0.502 e. The molecule has 112 valence electrons. The summed E-state index contributed by atoms with van der Waals surface area (Å²) in [7, 11) is -4.00. The highest BCUT2D eigenvalue weighted by molar-refractivity contribution is 7.85. The molecule has 2 rings (SSSR count). The smallest absolute Gasteiger partial charge is 0.294 e. The van der Waals surface area contributed by atoms with Gasteiger partial charge in [-0.05, 0) is 30.9 Å². The van der Waals surface area contributed by atoms with Crippen molar-refractivity contribution in [1.82, 2.24) is 0 Å². The van der Waals surface area contributed by atoms with E-state index in [1.165, 1.54) is 44.2 Å². The summed E-state index contributed by atoms with van der Waals surface area (Å²) in [6.07, 6.45) is 8.47. The third-order valence-electron chi connectivity index (χ3n) is 3.22. The first-order chi connectivity index (χ1) is 9.54. The van der Waals surface area contributed by atoms with Gasteiger partial charge >= 0.3 is 0 Å². The molecule has 0 aliphatic heterocycles. The molecule has 0 spiro atoms. The molecule has 0 amide bonds. The molecule has 0 saturated heterocycles. The van der Waals surface area contributed by atoms with E-state index in [4.69, 9.17) is 9.29 Å². The fraction of sp³-hybridized carbons (Fsp3) is 0.467. The molecule has 0 aromatic heterocycles. The van der Waals surface area contributed by atoms with Gasteiger partial charge in [0.1, 0.15) is 0 Å². The van der Waals surface area contributed by atoms with E-state index < -0.39 is 10.1 Å². The van der Waals surface area contributed by atoms with E-state index >= 15 is 0 Å². The Hall–Kier alpha value is -1.33. The van der Waals surface area contributed by atoms with Crippen LogP contribution in [0.25, 0.3) is 0 Å². The Morgan fingerprint density at radius 1 is 1.20 bits per heavy atom. The molecule has 4 nitrogen and oxygen atoms in total. The predicted molar refractivity (Wildman–Crippen MR) is 79.0 cm³/mol. The zero-order chi connectivity index (χ0) is 14.8. The maximum Gasteiger partial charge on any atom is 0.294 e. The number of ether oxygens (including phenoxy) is 1. The van der Waals surface area contributed by atoms with E-state index in [9.17, 15) is 8.42 Å². The Labute approximate surface area is 121 Å². The summed E-state index contributed by atoms with van der Waals surface area (Å²) in [6.45, 7) is 4.42. The summed E-state index contributed by atoms with van der Waals surface area (Å²) in [5.74, 6) is 0.812. The molecule has 20 heavy (non-hydrogen) atoms. The molecule has 0 radical (unpaired) electrons. The molecule has 1 aromatic rings. The predicted octanol–water partition coefficient (Wildman–Crippen LogP) is 3.66. The van der Waals surface area contributed by atoms with Crippen LogP contribution in [0.3, 0.4) is 0 Å². The van der Waals surface area contributed by atoms with Crippen LogP contribution in [0.4, 0.5) is 0 Å². The minimum atomic E-state index is -4.00. The summed E-state index contributed by atoms with van der Waals surface area (Å²) < 4.78 is 34.4. The van der Waals surface area contributed by atoms with Crippen molar-refractivity contribution in [2.45, 2.75) is 37.0 Å². The second kappa shape index (κ2) is 8.76. The maximum atomic E-state index is 10.4. The van der Waals surface area contributed by atoms with E-state index in [0.29, 0.717) is 0 Å². The van der Waals surface area contributed by atoms with Crippen molar-refractivity contribution in [3.8, 4) is 0 Å². The average Bonchev–Trinajstić information content (AvgIpc) is 2.47. The normalized spacial score (nSPS) is 15.8. The molecule has 0 heterocycles. The summed E-state index contributed by atoms with van der Waals surface area (Å²) in [4.78, 5) is -0.0741. The Kier molecular flexibility index (Phi) is 7.33. The lowest BCUT2D eigenvalue weighted by molar-refractivity contribution is 0.166. The van der Waals surface area contributed by atoms with E-state index in [1.54, 1.807) is 24.5 Å². The maximum absolute atomic E-state index is 10.4. The second-order valence-electron chi connectivity index (χ2n) is 4.79. The van der Waals surface area contributed by atoms with Crippen LogP contribution in [0, 0.1) is 5.92 Å². The van der Waals surface area contributed by atoms with Gasteiger partial charge in [-0.15, -0.1) is 0 Å². The lowest BCUT2D eigenvalue weighted by Gasteiger charge is -2.20. The monoisotopic (exact) mass is 298 g/mol. The van der Waals surface area contributed by atoms with Gasteiger partial charge in [0, 0.05) is 0 Å². The van der Waals surface area contributed by atoms with Crippen molar-refractivity contribution in [2.24, 2.45) is 5.92 Å². The van der Waals surface area contributed by atoms with Crippen molar-refractivity contribution in [3.63, 3.8) is 0 Å². The zero-order valence-electron chi connectivity index (χ0n) is 11.6. The molecule has 0 atom stereocenters. The lowest BCUT2D eigenvalue weighted by Crippen LogP contribution is -2.11. The van der Waals surface area contributed by atoms with Gasteiger partial charge in [0.2, 0.25) is 0 Å². The van der Waals surface area contributed by atoms with Crippen LogP contribution in [0.5, 0.6) is 0 Å². The first-order valence-corrected chi connectivity index (χ1v) is 8.23. The number of rotatable bonds is 4. The van der Waals surface area contributed by atoms with Gasteiger partial charge in [-0.1, -0.05) is 44.0 Å². The van der Waals surface area contributed by atoms with Crippen LogP contribution in [-0.2, 0) is 14.9 Å². The van der Waals surface area contributed by atoms with Crippen molar-refractivity contribution in [1.29, 1.82) is 0 Å². The topological polar surface area (TPSA) is 63.6 Å². The standard InChI is InChI=1S/C9H16O.C6H6O3S/c1-2-10-8-9-6-4-3-5-7-9;7-10(8,9)6-4-2-1-3-5-6/h2,9H,1,3-8H2;1-5H,(H,7,8,9). The quantitative estimate of drug-likeness (QED) is 0.680. The Bertz CT molecular complexity index is 476. The van der Waals surface area contributed by atoms with Gasteiger partial charge in [-0.2, -0.15) is 8.42 Å². The first-order valence-electron chi connectivity index (χ1n) is 6.79. The molecule has 1 N–H and O–H groups in total. The molecule has 1 aliphatic carbocycles. The third-order valence-corrected chi connectivity index (χ3v) is 4.08. The number of hydrogen-bond acceptors (Lipinski definition) is 3. The Balaban J connectivity index is 0.000000200. The molecule has 1 aromatic carbocycles. The summed E-state index contributed by atoms with van der Waals surface area (Å²) in [5, 5.41) is 0. The van der Waals surface area contributed by atoms with Crippen LogP contribution < -0.4 is 0 Å². The van der Waals surface area contributed by atoms with Gasteiger partial charge in [-0.25, -0.2) is 0 Å². The first kappa shape index (κ1) is 16.7. The second-order valence-corrected chi connectivity index (χ2v) is 6.21. The zero-order valence-corrected chi connectivity index (χ0v) is 12.4. The largest absolute Gasteiger partial charge is 0.502 e. The molecule has 1 saturated carbocycles. The average molecular weight is 298 g/mol. The highest BCUT2D eigenvalue weighted by Crippen LogP contribution is 2.23. The van der Waals surface area contributed by atoms with Crippen LogP contribution in [-0.4, -0.2) is 19.6 Å². The van der Waals surface area contributed by atoms with Crippen LogP contribution in [0.2, 0.25) is 0 Å². The van der Waals surface area contributed by atoms with Gasteiger partial charge in [-0.3, -0.25) is 4.55 Å². The van der Waals surface area contributed by atoms with Crippen molar-refractivity contribution >= 4 is 10.1 Å². The van der Waals surface area contributed by atoms with E-state index in [0.717, 1.165) is 12.5 Å². The van der Waals surface area contributed by atoms with Gasteiger partial charge < -0.3 is 4.74 Å². The van der Waals surface area contributed by atoms with E-state index in [-0.39, 0.29) is 4.90 Å². The molecular weight excluding hydrogens is 276 g/mol. The molecule has 5 heteroatoms. The van der Waals surface area contributed by atoms with Gasteiger partial charge in [0.25, 0.3) is 10.1 Å². The molecule has 0 unspecified atom stereocenters. The van der Waals surface area contributed by atoms with Gasteiger partial charge in [0.05, 0.1) is 17.8 Å². The summed E-state index contributed by atoms with van der Waals surface area (Å²) in [6, 6.07) is 7.42. The molecule has 1 aliphatic rings. The van der Waals surface area contributed by atoms with Crippen LogP contribution >= 0.6 is 0 Å². The van der Waals surface area contributed by atoms with Crippen molar-refractivity contribution < 1.29 is 17.7 Å². The van der Waals surface area contributed by atoms with E-state index in [2.05, 4.69) is 6.58 Å². The third kappa shape index (κ3) is 6.73. The SMILES string of the molecule is C=COCC1CCCCC1.O=S(=O)(O)c1ccccc1. The summed E-state index contributed by atoms with van der Waals surface area (Å²) >= 11 is 0. The number of hydrogen-bond donors (Lipinski definition) is 1.